The minimum atomic E-state index is -0.0372. The van der Waals surface area contributed by atoms with Crippen molar-refractivity contribution in [2.75, 3.05) is 11.9 Å². The number of aliphatic hydroxyl groups excluding tert-OH is 1. The SMILES string of the molecule is Cc1ccc(NC(C)CO)c(C#N)c1. The zero-order chi connectivity index (χ0) is 10.6. The van der Waals surface area contributed by atoms with E-state index in [1.807, 2.05) is 32.0 Å². The maximum absolute atomic E-state index is 8.88. The Morgan fingerprint density at radius 1 is 1.57 bits per heavy atom. The maximum atomic E-state index is 8.88. The molecule has 0 bridgehead atoms. The zero-order valence-corrected chi connectivity index (χ0v) is 8.41. The molecule has 2 N–H and O–H groups in total. The topological polar surface area (TPSA) is 56.0 Å². The molecular weight excluding hydrogens is 176 g/mol. The molecule has 1 unspecified atom stereocenters. The smallest absolute Gasteiger partial charge is 0.101 e. The van der Waals surface area contributed by atoms with Gasteiger partial charge in [0.25, 0.3) is 0 Å². The lowest BCUT2D eigenvalue weighted by atomic mass is 10.1. The van der Waals surface area contributed by atoms with Gasteiger partial charge in [-0.25, -0.2) is 0 Å². The first kappa shape index (κ1) is 10.6. The Balaban J connectivity index is 2.92. The molecule has 3 nitrogen and oxygen atoms in total. The zero-order valence-electron chi connectivity index (χ0n) is 8.41. The van der Waals surface area contributed by atoms with Crippen molar-refractivity contribution in [2.45, 2.75) is 19.9 Å². The monoisotopic (exact) mass is 190 g/mol. The number of nitrogens with one attached hydrogen (secondary N) is 1. The molecule has 0 fully saturated rings. The summed E-state index contributed by atoms with van der Waals surface area (Å²) in [5, 5.41) is 20.8. The summed E-state index contributed by atoms with van der Waals surface area (Å²) in [6, 6.07) is 7.71. The molecule has 0 saturated carbocycles. The summed E-state index contributed by atoms with van der Waals surface area (Å²) in [6.07, 6.45) is 0. The lowest BCUT2D eigenvalue weighted by molar-refractivity contribution is 0.281. The van der Waals surface area contributed by atoms with Crippen LogP contribution in [0.4, 0.5) is 5.69 Å². The Morgan fingerprint density at radius 2 is 2.29 bits per heavy atom. The van der Waals surface area contributed by atoms with Gasteiger partial charge in [0.15, 0.2) is 0 Å². The number of nitriles is 1. The lowest BCUT2D eigenvalue weighted by Gasteiger charge is -2.13. The van der Waals surface area contributed by atoms with E-state index in [2.05, 4.69) is 11.4 Å². The molecule has 0 aromatic heterocycles. The number of hydrogen-bond donors (Lipinski definition) is 2. The molecule has 0 aliphatic carbocycles. The van der Waals surface area contributed by atoms with E-state index >= 15 is 0 Å². The molecule has 1 atom stereocenters. The fourth-order valence-electron chi connectivity index (χ4n) is 1.19. The van der Waals surface area contributed by atoms with Crippen molar-refractivity contribution in [3.8, 4) is 6.07 Å². The van der Waals surface area contributed by atoms with Crippen molar-refractivity contribution in [2.24, 2.45) is 0 Å². The van der Waals surface area contributed by atoms with Crippen molar-refractivity contribution in [3.63, 3.8) is 0 Å². The van der Waals surface area contributed by atoms with Crippen molar-refractivity contribution < 1.29 is 5.11 Å². The second kappa shape index (κ2) is 4.64. The summed E-state index contributed by atoms with van der Waals surface area (Å²) < 4.78 is 0. The Labute approximate surface area is 84.0 Å². The number of aliphatic hydroxyl groups is 1. The minimum Gasteiger partial charge on any atom is -0.394 e. The van der Waals surface area contributed by atoms with Crippen molar-refractivity contribution in [1.29, 1.82) is 5.26 Å². The van der Waals surface area contributed by atoms with E-state index in [1.165, 1.54) is 0 Å². The van der Waals surface area contributed by atoms with Crippen LogP contribution in [0.3, 0.4) is 0 Å². The van der Waals surface area contributed by atoms with Gasteiger partial charge in [-0.15, -0.1) is 0 Å². The fourth-order valence-corrected chi connectivity index (χ4v) is 1.19. The minimum absolute atomic E-state index is 0.0372. The first-order valence-electron chi connectivity index (χ1n) is 4.55. The van der Waals surface area contributed by atoms with Crippen LogP contribution in [-0.4, -0.2) is 17.8 Å². The lowest BCUT2D eigenvalue weighted by Crippen LogP contribution is -2.19. The highest BCUT2D eigenvalue weighted by atomic mass is 16.3. The molecule has 1 rings (SSSR count). The summed E-state index contributed by atoms with van der Waals surface area (Å²) in [5.74, 6) is 0. The van der Waals surface area contributed by atoms with E-state index in [1.54, 1.807) is 0 Å². The van der Waals surface area contributed by atoms with Crippen LogP contribution >= 0.6 is 0 Å². The Morgan fingerprint density at radius 3 is 2.86 bits per heavy atom. The summed E-state index contributed by atoms with van der Waals surface area (Å²) in [7, 11) is 0. The third-order valence-corrected chi connectivity index (χ3v) is 1.97. The molecule has 0 amide bonds. The fraction of sp³-hybridized carbons (Fsp3) is 0.364. The van der Waals surface area contributed by atoms with Crippen LogP contribution in [-0.2, 0) is 0 Å². The number of hydrogen-bond acceptors (Lipinski definition) is 3. The van der Waals surface area contributed by atoms with E-state index in [9.17, 15) is 0 Å². The average molecular weight is 190 g/mol. The van der Waals surface area contributed by atoms with Crippen LogP contribution in [0.15, 0.2) is 18.2 Å². The Bertz CT molecular complexity index is 355. The van der Waals surface area contributed by atoms with Crippen LogP contribution in [0.25, 0.3) is 0 Å². The Hall–Kier alpha value is -1.53. The molecule has 0 aliphatic rings. The molecule has 0 saturated heterocycles. The second-order valence-electron chi connectivity index (χ2n) is 3.39. The van der Waals surface area contributed by atoms with Crippen molar-refractivity contribution in [3.05, 3.63) is 29.3 Å². The van der Waals surface area contributed by atoms with Gasteiger partial charge in [0, 0.05) is 6.04 Å². The number of benzene rings is 1. The predicted molar refractivity (Wildman–Crippen MR) is 56.1 cm³/mol. The molecule has 3 heteroatoms. The molecule has 74 valence electrons. The molecule has 0 spiro atoms. The number of rotatable bonds is 3. The molecule has 0 heterocycles. The van der Waals surface area contributed by atoms with E-state index in [4.69, 9.17) is 10.4 Å². The number of aryl methyl sites for hydroxylation is 1. The van der Waals surface area contributed by atoms with Gasteiger partial charge in [0.05, 0.1) is 17.9 Å². The van der Waals surface area contributed by atoms with E-state index < -0.39 is 0 Å². The summed E-state index contributed by atoms with van der Waals surface area (Å²) in [4.78, 5) is 0. The van der Waals surface area contributed by atoms with Gasteiger partial charge in [-0.3, -0.25) is 0 Å². The third-order valence-electron chi connectivity index (χ3n) is 1.97. The normalized spacial score (nSPS) is 11.9. The maximum Gasteiger partial charge on any atom is 0.101 e. The van der Waals surface area contributed by atoms with Crippen LogP contribution in [0.5, 0.6) is 0 Å². The van der Waals surface area contributed by atoms with Crippen molar-refractivity contribution in [1.82, 2.24) is 0 Å². The summed E-state index contributed by atoms with van der Waals surface area (Å²) >= 11 is 0. The highest BCUT2D eigenvalue weighted by molar-refractivity contribution is 5.58. The van der Waals surface area contributed by atoms with Crippen LogP contribution in [0, 0.1) is 18.3 Å². The van der Waals surface area contributed by atoms with Gasteiger partial charge in [-0.05, 0) is 31.5 Å². The van der Waals surface area contributed by atoms with Crippen LogP contribution in [0.1, 0.15) is 18.1 Å². The van der Waals surface area contributed by atoms with E-state index in [-0.39, 0.29) is 12.6 Å². The average Bonchev–Trinajstić information content (AvgIpc) is 2.20. The van der Waals surface area contributed by atoms with Crippen LogP contribution in [0.2, 0.25) is 0 Å². The quantitative estimate of drug-likeness (QED) is 0.762. The van der Waals surface area contributed by atoms with E-state index in [0.29, 0.717) is 5.56 Å². The number of nitrogens with zero attached hydrogens (tertiary/aromatic N) is 1. The predicted octanol–water partition coefficient (Wildman–Crippen LogP) is 1.66. The van der Waals surface area contributed by atoms with Gasteiger partial charge in [-0.1, -0.05) is 6.07 Å². The molecule has 0 radical (unpaired) electrons. The first-order valence-corrected chi connectivity index (χ1v) is 4.55. The van der Waals surface area contributed by atoms with Gasteiger partial charge in [-0.2, -0.15) is 5.26 Å². The van der Waals surface area contributed by atoms with Crippen LogP contribution < -0.4 is 5.32 Å². The molecule has 1 aromatic rings. The summed E-state index contributed by atoms with van der Waals surface area (Å²) in [6.45, 7) is 3.86. The van der Waals surface area contributed by atoms with Gasteiger partial charge in [0.2, 0.25) is 0 Å². The summed E-state index contributed by atoms with van der Waals surface area (Å²) in [5.41, 5.74) is 2.45. The largest absolute Gasteiger partial charge is 0.394 e. The second-order valence-corrected chi connectivity index (χ2v) is 3.39. The first-order chi connectivity index (χ1) is 6.67. The van der Waals surface area contributed by atoms with Crippen molar-refractivity contribution >= 4 is 5.69 Å². The van der Waals surface area contributed by atoms with Gasteiger partial charge in [0.1, 0.15) is 6.07 Å². The van der Waals surface area contributed by atoms with E-state index in [0.717, 1.165) is 11.3 Å². The molecule has 14 heavy (non-hydrogen) atoms. The highest BCUT2D eigenvalue weighted by Gasteiger charge is 2.04. The van der Waals surface area contributed by atoms with Gasteiger partial charge >= 0.3 is 0 Å². The molecular formula is C11H14N2O. The highest BCUT2D eigenvalue weighted by Crippen LogP contribution is 2.16. The molecule has 1 aromatic carbocycles. The Kier molecular flexibility index (Phi) is 3.49. The third kappa shape index (κ3) is 2.48. The standard InChI is InChI=1S/C11H14N2O/c1-8-3-4-11(10(5-8)6-12)13-9(2)7-14/h3-5,9,13-14H,7H2,1-2H3. The number of anilines is 1. The molecule has 0 aliphatic heterocycles. The van der Waals surface area contributed by atoms with Gasteiger partial charge < -0.3 is 10.4 Å².